The summed E-state index contributed by atoms with van der Waals surface area (Å²) < 4.78 is 7.07. The molecule has 1 aromatic carbocycles. The first kappa shape index (κ1) is 19.5. The molecule has 4 atom stereocenters. The highest BCUT2D eigenvalue weighted by atomic mass is 32.1. The lowest BCUT2D eigenvalue weighted by Crippen LogP contribution is -2.33. The van der Waals surface area contributed by atoms with Gasteiger partial charge >= 0.3 is 0 Å². The number of aliphatic imine (C=N–C) groups is 1. The van der Waals surface area contributed by atoms with E-state index in [2.05, 4.69) is 42.6 Å². The summed E-state index contributed by atoms with van der Waals surface area (Å²) in [7, 11) is 0. The van der Waals surface area contributed by atoms with Crippen molar-refractivity contribution in [1.82, 2.24) is 19.5 Å². The van der Waals surface area contributed by atoms with Crippen molar-refractivity contribution in [3.05, 3.63) is 42.5 Å². The Hall–Kier alpha value is -2.79. The lowest BCUT2D eigenvalue weighted by molar-refractivity contribution is -0.0511. The number of thiocarbonyl (C=S) groups is 1. The number of aliphatic hydroxyl groups excluding tert-OH is 3. The van der Waals surface area contributed by atoms with Gasteiger partial charge in [0, 0.05) is 5.69 Å². The number of benzene rings is 1. The van der Waals surface area contributed by atoms with Crippen molar-refractivity contribution in [3.63, 3.8) is 0 Å². The van der Waals surface area contributed by atoms with Crippen molar-refractivity contribution in [2.45, 2.75) is 31.1 Å². The maximum Gasteiger partial charge on any atom is 0.167 e. The molecule has 0 radical (unpaired) electrons. The SMILES string of the molecule is OC[C@H]1O[C@@H](n2cnc3c(Nc4ccc(CN=C=S)cc4)ncnc32)[C@H](O)[C@@H]1O. The number of nitrogens with zero attached hydrogens (tertiary/aromatic N) is 5. The highest BCUT2D eigenvalue weighted by Crippen LogP contribution is 2.32. The van der Waals surface area contributed by atoms with Gasteiger partial charge in [-0.3, -0.25) is 4.57 Å². The van der Waals surface area contributed by atoms with Crippen LogP contribution in [0, 0.1) is 0 Å². The van der Waals surface area contributed by atoms with E-state index >= 15 is 0 Å². The molecule has 4 N–H and O–H groups in total. The van der Waals surface area contributed by atoms with Gasteiger partial charge in [-0.1, -0.05) is 12.1 Å². The number of aromatic nitrogens is 4. The minimum Gasteiger partial charge on any atom is -0.394 e. The molecule has 1 fully saturated rings. The molecule has 0 aliphatic carbocycles. The van der Waals surface area contributed by atoms with E-state index < -0.39 is 31.1 Å². The molecule has 0 amide bonds. The van der Waals surface area contributed by atoms with Crippen LogP contribution in [0.1, 0.15) is 11.8 Å². The van der Waals surface area contributed by atoms with E-state index in [0.29, 0.717) is 23.5 Å². The molecule has 3 heterocycles. The third-order valence-corrected chi connectivity index (χ3v) is 4.82. The number of imidazole rings is 1. The minimum atomic E-state index is -1.22. The number of aliphatic hydroxyl groups is 3. The molecule has 0 bridgehead atoms. The van der Waals surface area contributed by atoms with Crippen molar-refractivity contribution in [2.75, 3.05) is 11.9 Å². The first-order valence-corrected chi connectivity index (χ1v) is 9.22. The van der Waals surface area contributed by atoms with Crippen LogP contribution in [0.4, 0.5) is 11.5 Å². The highest BCUT2D eigenvalue weighted by Gasteiger charge is 2.44. The first-order chi connectivity index (χ1) is 14.1. The van der Waals surface area contributed by atoms with Crippen molar-refractivity contribution in [3.8, 4) is 0 Å². The molecule has 1 aliphatic rings. The normalized spacial score (nSPS) is 23.8. The molecular weight excluding hydrogens is 396 g/mol. The second-order valence-electron chi connectivity index (χ2n) is 6.50. The maximum atomic E-state index is 10.3. The van der Waals surface area contributed by atoms with Crippen LogP contribution >= 0.6 is 12.2 Å². The van der Waals surface area contributed by atoms with E-state index in [4.69, 9.17) is 4.74 Å². The van der Waals surface area contributed by atoms with Crippen LogP contribution in [-0.4, -0.2) is 64.9 Å². The minimum absolute atomic E-state index is 0.408. The summed E-state index contributed by atoms with van der Waals surface area (Å²) in [6.45, 7) is 0.0608. The summed E-state index contributed by atoms with van der Waals surface area (Å²) >= 11 is 4.57. The summed E-state index contributed by atoms with van der Waals surface area (Å²) in [5.74, 6) is 0.477. The molecule has 4 rings (SSSR count). The van der Waals surface area contributed by atoms with Gasteiger partial charge < -0.3 is 25.4 Å². The van der Waals surface area contributed by atoms with E-state index in [0.717, 1.165) is 11.3 Å². The number of fused-ring (bicyclic) bond motifs is 1. The molecule has 0 saturated carbocycles. The fourth-order valence-electron chi connectivity index (χ4n) is 3.19. The van der Waals surface area contributed by atoms with E-state index in [9.17, 15) is 15.3 Å². The fraction of sp³-hybridized carbons (Fsp3) is 0.333. The Kier molecular flexibility index (Phi) is 5.58. The first-order valence-electron chi connectivity index (χ1n) is 8.82. The molecule has 1 saturated heterocycles. The Morgan fingerprint density at radius 3 is 2.66 bits per heavy atom. The lowest BCUT2D eigenvalue weighted by Gasteiger charge is -2.16. The summed E-state index contributed by atoms with van der Waals surface area (Å²) in [4.78, 5) is 16.7. The Morgan fingerprint density at radius 1 is 1.17 bits per heavy atom. The topological polar surface area (TPSA) is 138 Å². The van der Waals surface area contributed by atoms with Gasteiger partial charge in [0.05, 0.1) is 24.6 Å². The van der Waals surface area contributed by atoms with Crippen molar-refractivity contribution < 1.29 is 20.1 Å². The number of nitrogens with one attached hydrogen (secondary N) is 1. The fourth-order valence-corrected chi connectivity index (χ4v) is 3.26. The van der Waals surface area contributed by atoms with Gasteiger partial charge in [-0.25, -0.2) is 19.9 Å². The van der Waals surface area contributed by atoms with E-state index in [1.54, 1.807) is 0 Å². The highest BCUT2D eigenvalue weighted by molar-refractivity contribution is 7.78. The second kappa shape index (κ2) is 8.29. The van der Waals surface area contributed by atoms with Gasteiger partial charge in [0.25, 0.3) is 0 Å². The third-order valence-electron chi connectivity index (χ3n) is 4.69. The van der Waals surface area contributed by atoms with Gasteiger partial charge in [0.2, 0.25) is 0 Å². The number of ether oxygens (including phenoxy) is 1. The molecule has 2 aromatic heterocycles. The van der Waals surface area contributed by atoms with Crippen LogP contribution in [0.2, 0.25) is 0 Å². The van der Waals surface area contributed by atoms with Gasteiger partial charge in [0.15, 0.2) is 23.2 Å². The largest absolute Gasteiger partial charge is 0.394 e. The average molecular weight is 414 g/mol. The second-order valence-corrected chi connectivity index (χ2v) is 6.69. The number of rotatable bonds is 6. The maximum absolute atomic E-state index is 10.3. The summed E-state index contributed by atoms with van der Waals surface area (Å²) in [6, 6.07) is 7.58. The molecule has 0 spiro atoms. The molecule has 150 valence electrons. The van der Waals surface area contributed by atoms with E-state index in [1.807, 2.05) is 24.3 Å². The number of hydrogen-bond acceptors (Lipinski definition) is 10. The van der Waals surface area contributed by atoms with Gasteiger partial charge in [0.1, 0.15) is 24.6 Å². The van der Waals surface area contributed by atoms with Crippen LogP contribution < -0.4 is 5.32 Å². The Balaban J connectivity index is 1.60. The monoisotopic (exact) mass is 414 g/mol. The molecule has 0 unspecified atom stereocenters. The molecule has 11 heteroatoms. The molecule has 29 heavy (non-hydrogen) atoms. The predicted molar refractivity (Wildman–Crippen MR) is 107 cm³/mol. The zero-order chi connectivity index (χ0) is 20.4. The number of hydrogen-bond donors (Lipinski definition) is 4. The zero-order valence-corrected chi connectivity index (χ0v) is 15.9. The number of anilines is 2. The molecule has 1 aliphatic heterocycles. The Bertz CT molecular complexity index is 1050. The van der Waals surface area contributed by atoms with Crippen LogP contribution in [0.3, 0.4) is 0 Å². The van der Waals surface area contributed by atoms with Gasteiger partial charge in [-0.05, 0) is 29.9 Å². The summed E-state index contributed by atoms with van der Waals surface area (Å²) in [5.41, 5.74) is 2.68. The molecule has 10 nitrogen and oxygen atoms in total. The van der Waals surface area contributed by atoms with Crippen LogP contribution in [0.5, 0.6) is 0 Å². The summed E-state index contributed by atoms with van der Waals surface area (Å²) in [6.07, 6.45) is -1.41. The van der Waals surface area contributed by atoms with E-state index in [1.165, 1.54) is 17.2 Å². The Morgan fingerprint density at radius 2 is 1.97 bits per heavy atom. The van der Waals surface area contributed by atoms with Crippen LogP contribution in [-0.2, 0) is 11.3 Å². The zero-order valence-electron chi connectivity index (χ0n) is 15.1. The predicted octanol–water partition coefficient (Wildman–Crippen LogP) is 0.784. The van der Waals surface area contributed by atoms with Crippen molar-refractivity contribution in [1.29, 1.82) is 0 Å². The van der Waals surface area contributed by atoms with Gasteiger partial charge in [-0.2, -0.15) is 0 Å². The third kappa shape index (κ3) is 3.75. The lowest BCUT2D eigenvalue weighted by atomic mass is 10.1. The smallest absolute Gasteiger partial charge is 0.167 e. The van der Waals surface area contributed by atoms with Crippen molar-refractivity contribution >= 4 is 40.0 Å². The number of isothiocyanates is 1. The standard InChI is InChI=1S/C18H18N6O4S/c25-6-12-14(26)15(27)18(28-12)24-8-22-13-16(20-7-21-17(13)24)23-11-3-1-10(2-4-11)5-19-9-29/h1-4,7-8,12,14-15,18,25-27H,5-6H2,(H,20,21,23)/t12-,14-,15-,18-/m1/s1. The molecular formula is C18H18N6O4S. The van der Waals surface area contributed by atoms with Crippen LogP contribution in [0.15, 0.2) is 41.9 Å². The molecule has 3 aromatic rings. The average Bonchev–Trinajstić information content (AvgIpc) is 3.29. The summed E-state index contributed by atoms with van der Waals surface area (Å²) in [5, 5.41) is 35.1. The van der Waals surface area contributed by atoms with E-state index in [-0.39, 0.29) is 0 Å². The van der Waals surface area contributed by atoms with Crippen molar-refractivity contribution in [2.24, 2.45) is 4.99 Å². The Labute approximate surface area is 170 Å². The quantitative estimate of drug-likeness (QED) is 0.340. The van der Waals surface area contributed by atoms with Crippen LogP contribution in [0.25, 0.3) is 11.2 Å². The van der Waals surface area contributed by atoms with Gasteiger partial charge in [-0.15, -0.1) is 0 Å².